The van der Waals surface area contributed by atoms with Crippen LogP contribution in [0.3, 0.4) is 0 Å². The van der Waals surface area contributed by atoms with Crippen LogP contribution in [0.2, 0.25) is 0 Å². The van der Waals surface area contributed by atoms with E-state index in [0.717, 1.165) is 46.7 Å². The smallest absolute Gasteiger partial charge is 0.276 e. The first-order valence-electron chi connectivity index (χ1n) is 13.1. The zero-order chi connectivity index (χ0) is 26.3. The van der Waals surface area contributed by atoms with Gasteiger partial charge in [0.15, 0.2) is 22.8 Å². The van der Waals surface area contributed by atoms with Gasteiger partial charge in [0.2, 0.25) is 0 Å². The summed E-state index contributed by atoms with van der Waals surface area (Å²) in [7, 11) is 0. The van der Waals surface area contributed by atoms with Gasteiger partial charge in [-0.05, 0) is 37.1 Å². The molecule has 0 aromatic heterocycles. The minimum absolute atomic E-state index is 0.168. The van der Waals surface area contributed by atoms with Gasteiger partial charge in [0.05, 0.1) is 12.0 Å². The lowest BCUT2D eigenvalue weighted by atomic mass is 10.1. The van der Waals surface area contributed by atoms with Crippen molar-refractivity contribution in [2.45, 2.75) is 45.9 Å². The molecule has 1 atom stereocenters. The Hall–Kier alpha value is -3.78. The number of hydrazone groups is 1. The van der Waals surface area contributed by atoms with Crippen LogP contribution in [0.1, 0.15) is 50.4 Å². The van der Waals surface area contributed by atoms with Crippen LogP contribution in [0.4, 0.5) is 0 Å². The highest BCUT2D eigenvalue weighted by atomic mass is 32.2. The van der Waals surface area contributed by atoms with Gasteiger partial charge in [-0.2, -0.15) is 0 Å². The third kappa shape index (κ3) is 5.70. The molecule has 3 aromatic rings. The lowest BCUT2D eigenvalue weighted by molar-refractivity contribution is -0.116. The van der Waals surface area contributed by atoms with Crippen LogP contribution in [-0.2, 0) is 11.4 Å². The molecule has 0 bridgehead atoms. The number of thioether (sulfide) groups is 1. The molecule has 1 N–H and O–H groups in total. The van der Waals surface area contributed by atoms with E-state index in [2.05, 4.69) is 12.2 Å². The molecular weight excluding hydrogens is 496 g/mol. The zero-order valence-electron chi connectivity index (χ0n) is 21.7. The summed E-state index contributed by atoms with van der Waals surface area (Å²) in [6.45, 7) is 5.06. The summed E-state index contributed by atoms with van der Waals surface area (Å²) in [6.07, 6.45) is 2.86. The number of nitrogens with one attached hydrogen (secondary N) is 1. The summed E-state index contributed by atoms with van der Waals surface area (Å²) >= 11 is 1.57. The van der Waals surface area contributed by atoms with Crippen LogP contribution >= 0.6 is 11.8 Å². The first-order chi connectivity index (χ1) is 18.7. The maximum Gasteiger partial charge on any atom is 0.276 e. The number of carbonyl (C=O) groups is 1. The van der Waals surface area contributed by atoms with Gasteiger partial charge in [-0.3, -0.25) is 15.1 Å². The third-order valence-electron chi connectivity index (χ3n) is 6.30. The number of unbranched alkanes of at least 4 members (excludes halogenated alkanes) is 2. The minimum atomic E-state index is -0.514. The lowest BCUT2D eigenvalue weighted by Crippen LogP contribution is -2.50. The van der Waals surface area contributed by atoms with Crippen molar-refractivity contribution >= 4 is 28.5 Å². The van der Waals surface area contributed by atoms with Crippen molar-refractivity contribution in [1.82, 2.24) is 10.3 Å². The second-order valence-corrected chi connectivity index (χ2v) is 10.1. The van der Waals surface area contributed by atoms with Gasteiger partial charge in [-0.15, -0.1) is 5.10 Å². The van der Waals surface area contributed by atoms with Gasteiger partial charge >= 0.3 is 0 Å². The van der Waals surface area contributed by atoms with Crippen molar-refractivity contribution in [3.8, 4) is 11.5 Å². The second kappa shape index (κ2) is 12.2. The molecule has 38 heavy (non-hydrogen) atoms. The van der Waals surface area contributed by atoms with E-state index in [1.165, 1.54) is 0 Å². The van der Waals surface area contributed by atoms with Crippen LogP contribution < -0.4 is 25.4 Å². The fourth-order valence-electron chi connectivity index (χ4n) is 4.44. The summed E-state index contributed by atoms with van der Waals surface area (Å²) < 4.78 is 12.1. The summed E-state index contributed by atoms with van der Waals surface area (Å²) in [5.41, 5.74) is 2.44. The molecule has 5 rings (SSSR count). The fraction of sp³-hybridized carbons (Fsp3) is 0.300. The molecule has 0 fully saturated rings. The van der Waals surface area contributed by atoms with Gasteiger partial charge in [-0.25, -0.2) is 5.01 Å². The molecule has 0 saturated heterocycles. The molecule has 0 radical (unpaired) electrons. The van der Waals surface area contributed by atoms with Crippen molar-refractivity contribution in [1.29, 1.82) is 0 Å². The number of rotatable bonds is 10. The van der Waals surface area contributed by atoms with E-state index in [1.54, 1.807) is 16.8 Å². The van der Waals surface area contributed by atoms with Crippen LogP contribution in [-0.4, -0.2) is 28.4 Å². The van der Waals surface area contributed by atoms with E-state index >= 15 is 0 Å². The van der Waals surface area contributed by atoms with Crippen molar-refractivity contribution in [3.63, 3.8) is 0 Å². The maximum atomic E-state index is 13.3. The van der Waals surface area contributed by atoms with Gasteiger partial charge in [0, 0.05) is 16.5 Å². The molecule has 1 unspecified atom stereocenters. The molecule has 2 heterocycles. The number of amides is 1. The Morgan fingerprint density at radius 2 is 1.76 bits per heavy atom. The normalized spacial score (nSPS) is 16.1. The summed E-state index contributed by atoms with van der Waals surface area (Å²) in [5, 5.41) is 11.7. The van der Waals surface area contributed by atoms with E-state index in [4.69, 9.17) is 19.6 Å². The Kier molecular flexibility index (Phi) is 8.28. The molecule has 3 aromatic carbocycles. The van der Waals surface area contributed by atoms with Gasteiger partial charge in [0.1, 0.15) is 12.3 Å². The first kappa shape index (κ1) is 25.9. The molecule has 2 aliphatic rings. The van der Waals surface area contributed by atoms with E-state index in [-0.39, 0.29) is 5.91 Å². The zero-order valence-corrected chi connectivity index (χ0v) is 22.5. The predicted octanol–water partition coefficient (Wildman–Crippen LogP) is 4.73. The molecule has 196 valence electrons. The number of para-hydroxylation sites is 1. The summed E-state index contributed by atoms with van der Waals surface area (Å²) in [6, 6.07) is 23.5. The number of amidine groups is 1. The number of fused-ring (bicyclic) bond motifs is 2. The van der Waals surface area contributed by atoms with Crippen LogP contribution in [0.15, 0.2) is 82.9 Å². The largest absolute Gasteiger partial charge is 0.490 e. The molecule has 2 aliphatic heterocycles. The predicted molar refractivity (Wildman–Crippen MR) is 151 cm³/mol. The van der Waals surface area contributed by atoms with Crippen LogP contribution in [0, 0.1) is 0 Å². The van der Waals surface area contributed by atoms with Gasteiger partial charge in [0.25, 0.3) is 5.91 Å². The van der Waals surface area contributed by atoms with Crippen molar-refractivity contribution in [3.05, 3.63) is 94.5 Å². The van der Waals surface area contributed by atoms with E-state index < -0.39 is 6.17 Å². The molecule has 7 nitrogen and oxygen atoms in total. The maximum absolute atomic E-state index is 13.3. The van der Waals surface area contributed by atoms with Crippen molar-refractivity contribution in [2.24, 2.45) is 10.1 Å². The molecule has 0 spiro atoms. The summed E-state index contributed by atoms with van der Waals surface area (Å²) in [4.78, 5) is 18.4. The SMILES string of the molecule is CCCCCSC1=NN2C(=c3ccccc3=NC2c2ccc(OCc3ccccc3)c(OCC)c2)C(=O)N1. The lowest BCUT2D eigenvalue weighted by Gasteiger charge is -2.34. The fourth-order valence-corrected chi connectivity index (χ4v) is 5.29. The highest BCUT2D eigenvalue weighted by Crippen LogP contribution is 2.36. The number of nitrogens with zero attached hydrogens (tertiary/aromatic N) is 3. The molecule has 0 saturated carbocycles. The molecular formula is C30H32N4O3S. The average molecular weight is 529 g/mol. The Labute approximate surface area is 227 Å². The molecule has 0 aliphatic carbocycles. The molecule has 8 heteroatoms. The first-order valence-corrected chi connectivity index (χ1v) is 14.1. The van der Waals surface area contributed by atoms with Crippen LogP contribution in [0.5, 0.6) is 11.5 Å². The Bertz CT molecular complexity index is 1440. The number of hydrogen-bond acceptors (Lipinski definition) is 7. The Morgan fingerprint density at radius 3 is 2.58 bits per heavy atom. The monoisotopic (exact) mass is 528 g/mol. The van der Waals surface area contributed by atoms with E-state index in [9.17, 15) is 4.79 Å². The highest BCUT2D eigenvalue weighted by molar-refractivity contribution is 8.13. The van der Waals surface area contributed by atoms with E-state index in [0.29, 0.717) is 35.6 Å². The number of carbonyl (C=O) groups excluding carboxylic acids is 1. The standard InChI is InChI=1S/C30H32N4O3S/c1-3-5-11-18-38-30-32-29(35)27-23-14-9-10-15-24(23)31-28(34(27)33-30)22-16-17-25(26(19-22)36-4-2)37-20-21-12-7-6-8-13-21/h6-10,12-17,19,28H,3-5,11,18,20H2,1-2H3,(H,32,33,35). The van der Waals surface area contributed by atoms with Crippen LogP contribution in [0.25, 0.3) is 5.70 Å². The number of ether oxygens (including phenoxy) is 2. The summed E-state index contributed by atoms with van der Waals surface area (Å²) in [5.74, 6) is 2.03. The van der Waals surface area contributed by atoms with Crippen molar-refractivity contribution < 1.29 is 14.3 Å². The Balaban J connectivity index is 1.49. The minimum Gasteiger partial charge on any atom is -0.490 e. The van der Waals surface area contributed by atoms with Gasteiger partial charge in [-0.1, -0.05) is 86.1 Å². The molecule has 1 amide bonds. The van der Waals surface area contributed by atoms with E-state index in [1.807, 2.05) is 79.7 Å². The van der Waals surface area contributed by atoms with Crippen molar-refractivity contribution in [2.75, 3.05) is 12.4 Å². The van der Waals surface area contributed by atoms with Gasteiger partial charge < -0.3 is 9.47 Å². The average Bonchev–Trinajstić information content (AvgIpc) is 2.95. The quantitative estimate of drug-likeness (QED) is 0.385. The highest BCUT2D eigenvalue weighted by Gasteiger charge is 2.34. The number of benzene rings is 3. The Morgan fingerprint density at radius 1 is 0.947 bits per heavy atom. The third-order valence-corrected chi connectivity index (χ3v) is 7.25. The second-order valence-electron chi connectivity index (χ2n) is 9.04. The number of hydrogen-bond donors (Lipinski definition) is 1. The topological polar surface area (TPSA) is 75.5 Å².